The molecule has 0 bridgehead atoms. The van der Waals surface area contributed by atoms with E-state index in [1.54, 1.807) is 12.3 Å². The Bertz CT molecular complexity index is 1110. The number of aliphatic hydroxyl groups excluding tert-OH is 1. The minimum absolute atomic E-state index is 0.0348. The second-order valence-electron chi connectivity index (χ2n) is 10.2. The zero-order chi connectivity index (χ0) is 25.3. The molecular formula is C27H35Cl2FN4O. The highest BCUT2D eigenvalue weighted by Gasteiger charge is 2.38. The van der Waals surface area contributed by atoms with Crippen LogP contribution in [0.4, 0.5) is 10.2 Å². The Hall–Kier alpha value is -1.73. The first-order valence-electron chi connectivity index (χ1n) is 12.6. The summed E-state index contributed by atoms with van der Waals surface area (Å²) in [6.45, 7) is 10.0. The number of aromatic nitrogens is 2. The van der Waals surface area contributed by atoms with Crippen LogP contribution in [0.1, 0.15) is 65.1 Å². The quantitative estimate of drug-likeness (QED) is 0.432. The minimum Gasteiger partial charge on any atom is -0.391 e. The number of hydrogen-bond acceptors (Lipinski definition) is 4. The highest BCUT2D eigenvalue weighted by Crippen LogP contribution is 2.47. The van der Waals surface area contributed by atoms with E-state index in [0.717, 1.165) is 32.4 Å². The van der Waals surface area contributed by atoms with Crippen molar-refractivity contribution in [1.82, 2.24) is 14.7 Å². The van der Waals surface area contributed by atoms with E-state index in [1.807, 2.05) is 30.7 Å². The fourth-order valence-electron chi connectivity index (χ4n) is 5.33. The summed E-state index contributed by atoms with van der Waals surface area (Å²) < 4.78 is 17.4. The van der Waals surface area contributed by atoms with E-state index >= 15 is 4.39 Å². The van der Waals surface area contributed by atoms with Crippen molar-refractivity contribution in [3.8, 4) is 0 Å². The monoisotopic (exact) mass is 520 g/mol. The number of allylic oxidation sites excluding steroid dienone is 7. The van der Waals surface area contributed by atoms with Crippen LogP contribution in [0.3, 0.4) is 0 Å². The molecule has 1 N–H and O–H groups in total. The summed E-state index contributed by atoms with van der Waals surface area (Å²) in [6.07, 6.45) is 12.2. The smallest absolute Gasteiger partial charge is 0.159 e. The van der Waals surface area contributed by atoms with E-state index in [9.17, 15) is 5.11 Å². The number of aliphatic imine (C=N–C) groups is 1. The first kappa shape index (κ1) is 26.3. The van der Waals surface area contributed by atoms with Crippen LogP contribution in [0.25, 0.3) is 0 Å². The lowest BCUT2D eigenvalue weighted by molar-refractivity contribution is 0.117. The Morgan fingerprint density at radius 1 is 1.20 bits per heavy atom. The normalized spacial score (nSPS) is 26.3. The van der Waals surface area contributed by atoms with Crippen molar-refractivity contribution in [2.24, 2.45) is 22.2 Å². The van der Waals surface area contributed by atoms with Gasteiger partial charge in [0.15, 0.2) is 5.82 Å². The molecule has 190 valence electrons. The van der Waals surface area contributed by atoms with Crippen LogP contribution in [-0.4, -0.2) is 38.0 Å². The van der Waals surface area contributed by atoms with E-state index < -0.39 is 5.41 Å². The largest absolute Gasteiger partial charge is 0.391 e. The molecule has 2 aliphatic heterocycles. The maximum Gasteiger partial charge on any atom is 0.159 e. The predicted octanol–water partition coefficient (Wildman–Crippen LogP) is 7.17. The van der Waals surface area contributed by atoms with E-state index in [4.69, 9.17) is 23.2 Å². The Kier molecular flexibility index (Phi) is 8.06. The van der Waals surface area contributed by atoms with Gasteiger partial charge in [0, 0.05) is 40.2 Å². The average Bonchev–Trinajstić information content (AvgIpc) is 3.10. The van der Waals surface area contributed by atoms with Gasteiger partial charge in [-0.15, -0.1) is 0 Å². The molecule has 0 spiro atoms. The van der Waals surface area contributed by atoms with Gasteiger partial charge in [0.1, 0.15) is 17.2 Å². The van der Waals surface area contributed by atoms with Crippen LogP contribution >= 0.6 is 23.2 Å². The third-order valence-electron chi connectivity index (χ3n) is 7.66. The van der Waals surface area contributed by atoms with Gasteiger partial charge in [-0.05, 0) is 43.3 Å². The van der Waals surface area contributed by atoms with Crippen LogP contribution in [0.2, 0.25) is 0 Å². The second kappa shape index (κ2) is 10.7. The van der Waals surface area contributed by atoms with Crippen LogP contribution in [0.5, 0.6) is 0 Å². The number of piperidine rings is 1. The number of hydrogen-bond donors (Lipinski definition) is 1. The molecule has 1 saturated heterocycles. The Morgan fingerprint density at radius 3 is 2.54 bits per heavy atom. The third-order valence-corrected chi connectivity index (χ3v) is 8.27. The van der Waals surface area contributed by atoms with Gasteiger partial charge in [0.25, 0.3) is 0 Å². The van der Waals surface area contributed by atoms with E-state index in [-0.39, 0.29) is 29.7 Å². The van der Waals surface area contributed by atoms with Crippen LogP contribution in [-0.2, 0) is 6.61 Å². The number of nitrogens with zero attached hydrogens (tertiary/aromatic N) is 4. The van der Waals surface area contributed by atoms with E-state index in [0.29, 0.717) is 39.9 Å². The van der Waals surface area contributed by atoms with Crippen molar-refractivity contribution in [3.63, 3.8) is 0 Å². The maximum atomic E-state index is 15.5. The molecular weight excluding hydrogens is 486 g/mol. The SMILES string of the molecule is CCCC1(C(C)C)C=C(Cl)C(C2=CC(N3CCC(C)CC3)n3ncc(CO)c3N=C2Cl)=CC=C1F. The Balaban J connectivity index is 1.84. The van der Waals surface area contributed by atoms with Crippen LogP contribution in [0.15, 0.2) is 57.5 Å². The molecule has 0 saturated carbocycles. The summed E-state index contributed by atoms with van der Waals surface area (Å²) >= 11 is 13.7. The molecule has 3 aliphatic rings. The van der Waals surface area contributed by atoms with Gasteiger partial charge in [0.05, 0.1) is 12.8 Å². The molecule has 8 heteroatoms. The molecule has 35 heavy (non-hydrogen) atoms. The third kappa shape index (κ3) is 4.95. The zero-order valence-electron chi connectivity index (χ0n) is 20.9. The molecule has 1 aliphatic carbocycles. The van der Waals surface area contributed by atoms with Gasteiger partial charge in [-0.2, -0.15) is 5.10 Å². The fourth-order valence-corrected chi connectivity index (χ4v) is 5.94. The highest BCUT2D eigenvalue weighted by atomic mass is 35.5. The van der Waals surface area contributed by atoms with Gasteiger partial charge in [-0.25, -0.2) is 14.1 Å². The summed E-state index contributed by atoms with van der Waals surface area (Å²) in [5.74, 6) is 1.04. The minimum atomic E-state index is -0.766. The Labute approximate surface area is 217 Å². The molecule has 4 rings (SSSR count). The molecule has 3 heterocycles. The summed E-state index contributed by atoms with van der Waals surface area (Å²) in [7, 11) is 0. The van der Waals surface area contributed by atoms with Crippen molar-refractivity contribution >= 4 is 34.2 Å². The molecule has 0 radical (unpaired) electrons. The standard InChI is InChI=1S/C27H35Cl2FN4O/c1-5-10-27(17(2)3)14-22(28)20(6-7-23(27)30)21-13-24(33-11-8-18(4)9-12-33)34-26(32-25(21)29)19(16-35)15-31-34/h6-7,13-15,17-18,24,35H,5,8-12,16H2,1-4H3. The van der Waals surface area contributed by atoms with Crippen LogP contribution in [0, 0.1) is 17.3 Å². The fraction of sp³-hybridized carbons (Fsp3) is 0.556. The number of aliphatic hydroxyl groups is 1. The molecule has 1 aromatic rings. The zero-order valence-corrected chi connectivity index (χ0v) is 22.5. The van der Waals surface area contributed by atoms with Crippen molar-refractivity contribution in [2.45, 2.75) is 66.2 Å². The lowest BCUT2D eigenvalue weighted by Crippen LogP contribution is -2.38. The maximum absolute atomic E-state index is 15.5. The summed E-state index contributed by atoms with van der Waals surface area (Å²) in [6, 6.07) is 0. The second-order valence-corrected chi connectivity index (χ2v) is 11.0. The number of rotatable bonds is 6. The van der Waals surface area contributed by atoms with Crippen molar-refractivity contribution < 1.29 is 9.50 Å². The average molecular weight is 522 g/mol. The summed E-state index contributed by atoms with van der Waals surface area (Å²) in [5.41, 5.74) is 1.13. The number of halogens is 3. The lowest BCUT2D eigenvalue weighted by Gasteiger charge is -2.35. The molecule has 0 aromatic carbocycles. The summed E-state index contributed by atoms with van der Waals surface area (Å²) in [4.78, 5) is 7.02. The lowest BCUT2D eigenvalue weighted by atomic mass is 9.72. The number of fused-ring (bicyclic) bond motifs is 1. The Morgan fingerprint density at radius 2 is 1.91 bits per heavy atom. The molecule has 2 atom stereocenters. The van der Waals surface area contributed by atoms with Crippen molar-refractivity contribution in [3.05, 3.63) is 58.1 Å². The van der Waals surface area contributed by atoms with Crippen LogP contribution < -0.4 is 0 Å². The van der Waals surface area contributed by atoms with E-state index in [1.165, 1.54) is 6.08 Å². The first-order valence-corrected chi connectivity index (χ1v) is 13.3. The molecule has 1 fully saturated rings. The van der Waals surface area contributed by atoms with E-state index in [2.05, 4.69) is 28.8 Å². The van der Waals surface area contributed by atoms with Gasteiger partial charge >= 0.3 is 0 Å². The van der Waals surface area contributed by atoms with Crippen molar-refractivity contribution in [2.75, 3.05) is 13.1 Å². The van der Waals surface area contributed by atoms with Gasteiger partial charge < -0.3 is 5.11 Å². The number of likely N-dealkylation sites (tertiary alicyclic amines) is 1. The molecule has 2 unspecified atom stereocenters. The van der Waals surface area contributed by atoms with Gasteiger partial charge in [0.2, 0.25) is 0 Å². The summed E-state index contributed by atoms with van der Waals surface area (Å²) in [5, 5.41) is 15.2. The van der Waals surface area contributed by atoms with Crippen molar-refractivity contribution in [1.29, 1.82) is 0 Å². The van der Waals surface area contributed by atoms with Gasteiger partial charge in [-0.1, -0.05) is 69.5 Å². The molecule has 0 amide bonds. The molecule has 5 nitrogen and oxygen atoms in total. The topological polar surface area (TPSA) is 53.7 Å². The highest BCUT2D eigenvalue weighted by molar-refractivity contribution is 6.70. The first-order chi connectivity index (χ1) is 16.7. The van der Waals surface area contributed by atoms with Gasteiger partial charge in [-0.3, -0.25) is 4.90 Å². The molecule has 1 aromatic heterocycles. The predicted molar refractivity (Wildman–Crippen MR) is 142 cm³/mol.